The number of hydrogen-bond acceptors (Lipinski definition) is 7. The van der Waals surface area contributed by atoms with Gasteiger partial charge in [-0.25, -0.2) is 14.6 Å². The molecule has 0 amide bonds. The van der Waals surface area contributed by atoms with Crippen LogP contribution in [-0.2, 0) is 6.54 Å². The predicted octanol–water partition coefficient (Wildman–Crippen LogP) is 2.98. The Morgan fingerprint density at radius 2 is 2.04 bits per heavy atom. The third-order valence-corrected chi connectivity index (χ3v) is 5.80. The number of piperidine rings is 1. The van der Waals surface area contributed by atoms with Crippen LogP contribution in [0.1, 0.15) is 24.4 Å². The molecule has 2 aromatic heterocycles. The van der Waals surface area contributed by atoms with Crippen molar-refractivity contribution in [1.82, 2.24) is 25.1 Å². The van der Waals surface area contributed by atoms with E-state index in [1.165, 1.54) is 0 Å². The monoisotopic (exact) mass is 494 g/mol. The van der Waals surface area contributed by atoms with E-state index in [1.807, 2.05) is 18.2 Å². The number of rotatable bonds is 6. The zero-order valence-electron chi connectivity index (χ0n) is 15.9. The van der Waals surface area contributed by atoms with Gasteiger partial charge in [0.25, 0.3) is 0 Å². The van der Waals surface area contributed by atoms with Crippen LogP contribution >= 0.6 is 22.6 Å². The molecule has 0 unspecified atom stereocenters. The minimum atomic E-state index is 0.372. The Balaban J connectivity index is 1.62. The van der Waals surface area contributed by atoms with Gasteiger partial charge < -0.3 is 20.1 Å². The third-order valence-electron chi connectivity index (χ3n) is 5.04. The van der Waals surface area contributed by atoms with Crippen LogP contribution in [0.4, 0.5) is 5.82 Å². The maximum atomic E-state index is 5.49. The van der Waals surface area contributed by atoms with E-state index in [4.69, 9.17) is 14.6 Å². The second-order valence-corrected chi connectivity index (χ2v) is 7.69. The summed E-state index contributed by atoms with van der Waals surface area (Å²) in [6.45, 7) is 2.60. The maximum Gasteiger partial charge on any atom is 0.164 e. The van der Waals surface area contributed by atoms with Gasteiger partial charge in [0.05, 0.1) is 25.6 Å². The fourth-order valence-corrected chi connectivity index (χ4v) is 4.28. The van der Waals surface area contributed by atoms with Gasteiger partial charge in [-0.05, 0) is 60.7 Å². The summed E-state index contributed by atoms with van der Waals surface area (Å²) >= 11 is 2.27. The van der Waals surface area contributed by atoms with Gasteiger partial charge in [0.15, 0.2) is 5.65 Å². The standard InChI is InChI=1S/C19H23IN6O2/c1-27-14-4-3-12(15(9-14)28-2)10-22-18-16-17(20)25-26(19(16)24-11-23-18)13-5-7-21-8-6-13/h3-4,9,11,13,21H,5-8,10H2,1-2H3,(H,22,23,24). The molecule has 1 fully saturated rings. The summed E-state index contributed by atoms with van der Waals surface area (Å²) in [6, 6.07) is 6.17. The summed E-state index contributed by atoms with van der Waals surface area (Å²) in [7, 11) is 3.31. The normalized spacial score (nSPS) is 15.0. The van der Waals surface area contributed by atoms with Gasteiger partial charge >= 0.3 is 0 Å². The largest absolute Gasteiger partial charge is 0.497 e. The lowest BCUT2D eigenvalue weighted by Crippen LogP contribution is -2.30. The number of hydrogen-bond donors (Lipinski definition) is 2. The zero-order valence-corrected chi connectivity index (χ0v) is 18.1. The average Bonchev–Trinajstić information content (AvgIpc) is 3.10. The van der Waals surface area contributed by atoms with Crippen LogP contribution in [0.15, 0.2) is 24.5 Å². The maximum absolute atomic E-state index is 5.49. The fraction of sp³-hybridized carbons (Fsp3) is 0.421. The van der Waals surface area contributed by atoms with Crippen molar-refractivity contribution in [1.29, 1.82) is 0 Å². The lowest BCUT2D eigenvalue weighted by Gasteiger charge is -2.23. The summed E-state index contributed by atoms with van der Waals surface area (Å²) in [4.78, 5) is 9.00. The van der Waals surface area contributed by atoms with E-state index in [-0.39, 0.29) is 0 Å². The van der Waals surface area contributed by atoms with Gasteiger partial charge in [-0.2, -0.15) is 5.10 Å². The number of aromatic nitrogens is 4. The Bertz CT molecular complexity index is 970. The molecular weight excluding hydrogens is 471 g/mol. The minimum Gasteiger partial charge on any atom is -0.497 e. The Labute approximate surface area is 177 Å². The van der Waals surface area contributed by atoms with E-state index in [9.17, 15) is 0 Å². The van der Waals surface area contributed by atoms with E-state index in [0.717, 1.165) is 63.5 Å². The highest BCUT2D eigenvalue weighted by molar-refractivity contribution is 14.1. The van der Waals surface area contributed by atoms with Crippen molar-refractivity contribution in [3.63, 3.8) is 0 Å². The van der Waals surface area contributed by atoms with Crippen molar-refractivity contribution in [2.24, 2.45) is 0 Å². The SMILES string of the molecule is COc1ccc(CNc2ncnc3c2c(I)nn3C2CCNCC2)c(OC)c1. The predicted molar refractivity (Wildman–Crippen MR) is 116 cm³/mol. The summed E-state index contributed by atoms with van der Waals surface area (Å²) < 4.78 is 13.7. The van der Waals surface area contributed by atoms with Gasteiger partial charge in [0, 0.05) is 18.2 Å². The van der Waals surface area contributed by atoms with Crippen molar-refractivity contribution < 1.29 is 9.47 Å². The first kappa shape index (κ1) is 19.2. The number of ether oxygens (including phenoxy) is 2. The number of fused-ring (bicyclic) bond motifs is 1. The molecule has 28 heavy (non-hydrogen) atoms. The van der Waals surface area contributed by atoms with Crippen molar-refractivity contribution in [3.05, 3.63) is 33.8 Å². The van der Waals surface area contributed by atoms with E-state index in [0.29, 0.717) is 12.6 Å². The Kier molecular flexibility index (Phi) is 5.81. The molecule has 0 bridgehead atoms. The van der Waals surface area contributed by atoms with E-state index in [2.05, 4.69) is 47.9 Å². The molecule has 1 aliphatic heterocycles. The van der Waals surface area contributed by atoms with Crippen LogP contribution in [0.25, 0.3) is 11.0 Å². The van der Waals surface area contributed by atoms with Gasteiger partial charge in [-0.15, -0.1) is 0 Å². The van der Waals surface area contributed by atoms with Crippen molar-refractivity contribution >= 4 is 39.4 Å². The lowest BCUT2D eigenvalue weighted by atomic mass is 10.1. The fourth-order valence-electron chi connectivity index (χ4n) is 3.55. The van der Waals surface area contributed by atoms with Gasteiger partial charge in [0.2, 0.25) is 0 Å². The highest BCUT2D eigenvalue weighted by Crippen LogP contribution is 2.31. The molecule has 4 rings (SSSR count). The Morgan fingerprint density at radius 1 is 1.21 bits per heavy atom. The molecule has 148 valence electrons. The first-order valence-electron chi connectivity index (χ1n) is 9.25. The van der Waals surface area contributed by atoms with E-state index in [1.54, 1.807) is 20.5 Å². The molecule has 0 saturated carbocycles. The third kappa shape index (κ3) is 3.72. The minimum absolute atomic E-state index is 0.372. The lowest BCUT2D eigenvalue weighted by molar-refractivity contribution is 0.348. The number of halogens is 1. The van der Waals surface area contributed by atoms with Crippen LogP contribution in [0.2, 0.25) is 0 Å². The summed E-state index contributed by atoms with van der Waals surface area (Å²) in [6.07, 6.45) is 3.72. The molecule has 0 aliphatic carbocycles. The van der Waals surface area contributed by atoms with Crippen LogP contribution in [0.3, 0.4) is 0 Å². The first-order valence-corrected chi connectivity index (χ1v) is 10.3. The molecule has 0 atom stereocenters. The molecule has 2 N–H and O–H groups in total. The molecule has 8 nitrogen and oxygen atoms in total. The van der Waals surface area contributed by atoms with E-state index >= 15 is 0 Å². The quantitative estimate of drug-likeness (QED) is 0.510. The molecule has 1 saturated heterocycles. The highest BCUT2D eigenvalue weighted by Gasteiger charge is 2.22. The van der Waals surface area contributed by atoms with Gasteiger partial charge in [-0.1, -0.05) is 0 Å². The molecule has 0 spiro atoms. The Morgan fingerprint density at radius 3 is 2.79 bits per heavy atom. The topological polar surface area (TPSA) is 86.1 Å². The number of nitrogens with zero attached hydrogens (tertiary/aromatic N) is 4. The summed E-state index contributed by atoms with van der Waals surface area (Å²) in [5.74, 6) is 2.33. The van der Waals surface area contributed by atoms with Gasteiger partial charge in [0.1, 0.15) is 27.3 Å². The second kappa shape index (κ2) is 8.48. The average molecular weight is 494 g/mol. The number of nitrogens with one attached hydrogen (secondary N) is 2. The van der Waals surface area contributed by atoms with Crippen LogP contribution in [0.5, 0.6) is 11.5 Å². The van der Waals surface area contributed by atoms with Crippen molar-refractivity contribution in [3.8, 4) is 11.5 Å². The molecule has 1 aromatic carbocycles. The second-order valence-electron chi connectivity index (χ2n) is 6.67. The van der Waals surface area contributed by atoms with Crippen LogP contribution in [-0.4, -0.2) is 47.1 Å². The zero-order chi connectivity index (χ0) is 19.5. The molecule has 3 heterocycles. The van der Waals surface area contributed by atoms with E-state index < -0.39 is 0 Å². The molecule has 3 aromatic rings. The number of anilines is 1. The van der Waals surface area contributed by atoms with Crippen LogP contribution in [0, 0.1) is 3.70 Å². The molecular formula is C19H23IN6O2. The van der Waals surface area contributed by atoms with Crippen LogP contribution < -0.4 is 20.1 Å². The summed E-state index contributed by atoms with van der Waals surface area (Å²) in [5.41, 5.74) is 1.91. The molecule has 1 aliphatic rings. The van der Waals surface area contributed by atoms with Crippen molar-refractivity contribution in [2.75, 3.05) is 32.6 Å². The first-order chi connectivity index (χ1) is 13.7. The number of benzene rings is 1. The highest BCUT2D eigenvalue weighted by atomic mass is 127. The summed E-state index contributed by atoms with van der Waals surface area (Å²) in [5, 5.41) is 12.6. The molecule has 9 heteroatoms. The Hall–Kier alpha value is -2.14. The van der Waals surface area contributed by atoms with Gasteiger partial charge in [-0.3, -0.25) is 0 Å². The van der Waals surface area contributed by atoms with Crippen molar-refractivity contribution in [2.45, 2.75) is 25.4 Å². The smallest absolute Gasteiger partial charge is 0.164 e. The number of methoxy groups -OCH3 is 2. The molecule has 0 radical (unpaired) electrons.